The molecule has 0 radical (unpaired) electrons. The predicted octanol–water partition coefficient (Wildman–Crippen LogP) is 3.96. The molecule has 0 fully saturated rings. The number of aromatic amines is 1. The quantitative estimate of drug-likeness (QED) is 0.517. The summed E-state index contributed by atoms with van der Waals surface area (Å²) in [6, 6.07) is 13.7. The lowest BCUT2D eigenvalue weighted by molar-refractivity contribution is 0.355. The molecule has 7 heteroatoms. The monoisotopic (exact) mass is 371 g/mol. The van der Waals surface area contributed by atoms with Crippen LogP contribution in [0.4, 0.5) is 0 Å². The second-order valence-electron chi connectivity index (χ2n) is 6.34. The van der Waals surface area contributed by atoms with Gasteiger partial charge in [0.05, 0.1) is 31.8 Å². The van der Waals surface area contributed by atoms with Crippen molar-refractivity contribution < 1.29 is 9.47 Å². The Morgan fingerprint density at radius 1 is 0.857 bits per heavy atom. The van der Waals surface area contributed by atoms with E-state index in [2.05, 4.69) is 21.0 Å². The smallest absolute Gasteiger partial charge is 0.161 e. The average Bonchev–Trinajstić information content (AvgIpc) is 3.38. The summed E-state index contributed by atoms with van der Waals surface area (Å²) in [5.41, 5.74) is 5.20. The van der Waals surface area contributed by atoms with Crippen LogP contribution < -0.4 is 9.47 Å². The molecule has 5 aromatic rings. The molecular weight excluding hydrogens is 354 g/mol. The van der Waals surface area contributed by atoms with Gasteiger partial charge in [0.1, 0.15) is 5.65 Å². The van der Waals surface area contributed by atoms with Gasteiger partial charge in [-0.2, -0.15) is 5.10 Å². The van der Waals surface area contributed by atoms with Gasteiger partial charge in [-0.3, -0.25) is 0 Å². The number of H-pyrrole nitrogens is 1. The van der Waals surface area contributed by atoms with E-state index in [1.54, 1.807) is 20.4 Å². The molecule has 0 aliphatic rings. The summed E-state index contributed by atoms with van der Waals surface area (Å²) in [5.74, 6) is 1.34. The molecule has 1 aromatic carbocycles. The van der Waals surface area contributed by atoms with E-state index in [4.69, 9.17) is 14.6 Å². The fraction of sp³-hybridized carbons (Fsp3) is 0.0952. The summed E-state index contributed by atoms with van der Waals surface area (Å²) in [6.07, 6.45) is 5.50. The molecule has 0 unspecified atom stereocenters. The van der Waals surface area contributed by atoms with E-state index in [0.29, 0.717) is 11.5 Å². The first kappa shape index (κ1) is 16.3. The minimum Gasteiger partial charge on any atom is -0.493 e. The van der Waals surface area contributed by atoms with Crippen molar-refractivity contribution in [2.45, 2.75) is 0 Å². The van der Waals surface area contributed by atoms with Gasteiger partial charge in [-0.25, -0.2) is 14.5 Å². The SMILES string of the molecule is COc1ccc(-c2cnc3ccc(-c4cnc5[nH]ccc5c4)nn23)cc1OC. The van der Waals surface area contributed by atoms with Gasteiger partial charge >= 0.3 is 0 Å². The van der Waals surface area contributed by atoms with Gasteiger partial charge in [-0.15, -0.1) is 0 Å². The van der Waals surface area contributed by atoms with Crippen molar-refractivity contribution in [2.24, 2.45) is 0 Å². The van der Waals surface area contributed by atoms with Gasteiger partial charge in [-0.05, 0) is 42.5 Å². The first-order chi connectivity index (χ1) is 13.8. The summed E-state index contributed by atoms with van der Waals surface area (Å²) in [6.45, 7) is 0. The molecular formula is C21H17N5O2. The molecule has 4 aromatic heterocycles. The van der Waals surface area contributed by atoms with Crippen molar-refractivity contribution in [3.63, 3.8) is 0 Å². The Morgan fingerprint density at radius 3 is 2.61 bits per heavy atom. The number of fused-ring (bicyclic) bond motifs is 2. The van der Waals surface area contributed by atoms with Crippen molar-refractivity contribution >= 4 is 16.7 Å². The maximum Gasteiger partial charge on any atom is 0.161 e. The van der Waals surface area contributed by atoms with E-state index < -0.39 is 0 Å². The standard InChI is InChI=1S/C21H17N5O2/c1-27-18-5-3-13(10-19(18)28-2)17-12-23-20-6-4-16(25-26(17)20)15-9-14-7-8-22-21(14)24-11-15/h3-12H,1-2H3,(H,22,24). The van der Waals surface area contributed by atoms with Gasteiger partial charge in [0.25, 0.3) is 0 Å². The van der Waals surface area contributed by atoms with Crippen molar-refractivity contribution in [3.05, 3.63) is 61.1 Å². The molecule has 0 aliphatic carbocycles. The lowest BCUT2D eigenvalue weighted by Crippen LogP contribution is -1.98. The number of hydrogen-bond donors (Lipinski definition) is 1. The molecule has 0 amide bonds. The van der Waals surface area contributed by atoms with E-state index >= 15 is 0 Å². The molecule has 0 bridgehead atoms. The van der Waals surface area contributed by atoms with Gasteiger partial charge < -0.3 is 14.5 Å². The minimum atomic E-state index is 0.660. The van der Waals surface area contributed by atoms with Crippen molar-refractivity contribution in [1.82, 2.24) is 24.6 Å². The lowest BCUT2D eigenvalue weighted by atomic mass is 10.1. The Balaban J connectivity index is 1.64. The van der Waals surface area contributed by atoms with Crippen LogP contribution in [0.2, 0.25) is 0 Å². The number of nitrogens with one attached hydrogen (secondary N) is 1. The normalized spacial score (nSPS) is 11.2. The highest BCUT2D eigenvalue weighted by atomic mass is 16.5. The van der Waals surface area contributed by atoms with E-state index in [1.165, 1.54) is 0 Å². The fourth-order valence-corrected chi connectivity index (χ4v) is 3.30. The minimum absolute atomic E-state index is 0.660. The highest BCUT2D eigenvalue weighted by molar-refractivity contribution is 5.80. The lowest BCUT2D eigenvalue weighted by Gasteiger charge is -2.09. The third kappa shape index (κ3) is 2.56. The Kier molecular flexibility index (Phi) is 3.72. The van der Waals surface area contributed by atoms with Crippen LogP contribution in [0.3, 0.4) is 0 Å². The van der Waals surface area contributed by atoms with Gasteiger partial charge in [0, 0.05) is 28.9 Å². The zero-order valence-corrected chi connectivity index (χ0v) is 15.4. The second kappa shape index (κ2) is 6.38. The average molecular weight is 371 g/mol. The number of pyridine rings is 1. The topological polar surface area (TPSA) is 77.3 Å². The molecule has 5 rings (SSSR count). The van der Waals surface area contributed by atoms with Crippen molar-refractivity contribution in [2.75, 3.05) is 14.2 Å². The number of nitrogens with zero attached hydrogens (tertiary/aromatic N) is 4. The molecule has 7 nitrogen and oxygen atoms in total. The number of rotatable bonds is 4. The Bertz CT molecular complexity index is 1300. The molecule has 0 saturated carbocycles. The summed E-state index contributed by atoms with van der Waals surface area (Å²) in [7, 11) is 3.24. The van der Waals surface area contributed by atoms with Crippen LogP contribution in [0.5, 0.6) is 11.5 Å². The maximum atomic E-state index is 5.43. The third-order valence-corrected chi connectivity index (χ3v) is 4.74. The van der Waals surface area contributed by atoms with Gasteiger partial charge in [0.15, 0.2) is 17.1 Å². The highest BCUT2D eigenvalue weighted by Gasteiger charge is 2.12. The van der Waals surface area contributed by atoms with Crippen LogP contribution in [-0.2, 0) is 0 Å². The van der Waals surface area contributed by atoms with Crippen LogP contribution in [-0.4, -0.2) is 38.8 Å². The molecule has 0 aliphatic heterocycles. The maximum absolute atomic E-state index is 5.43. The van der Waals surface area contributed by atoms with Crippen LogP contribution in [0.25, 0.3) is 39.2 Å². The largest absolute Gasteiger partial charge is 0.493 e. The number of hydrogen-bond acceptors (Lipinski definition) is 5. The number of methoxy groups -OCH3 is 2. The van der Waals surface area contributed by atoms with Crippen LogP contribution >= 0.6 is 0 Å². The summed E-state index contributed by atoms with van der Waals surface area (Å²) >= 11 is 0. The fourth-order valence-electron chi connectivity index (χ4n) is 3.30. The molecule has 28 heavy (non-hydrogen) atoms. The van der Waals surface area contributed by atoms with E-state index in [1.807, 2.05) is 53.3 Å². The highest BCUT2D eigenvalue weighted by Crippen LogP contribution is 2.32. The van der Waals surface area contributed by atoms with E-state index in [-0.39, 0.29) is 0 Å². The van der Waals surface area contributed by atoms with Gasteiger partial charge in [0.2, 0.25) is 0 Å². The molecule has 0 atom stereocenters. The van der Waals surface area contributed by atoms with E-state index in [0.717, 1.165) is 39.2 Å². The van der Waals surface area contributed by atoms with Crippen LogP contribution in [0.1, 0.15) is 0 Å². The Hall–Kier alpha value is -3.87. The number of aromatic nitrogens is 5. The first-order valence-corrected chi connectivity index (χ1v) is 8.77. The number of ether oxygens (including phenoxy) is 2. The molecule has 0 spiro atoms. The summed E-state index contributed by atoms with van der Waals surface area (Å²) in [4.78, 5) is 12.0. The molecule has 138 valence electrons. The zero-order valence-electron chi connectivity index (χ0n) is 15.4. The first-order valence-electron chi connectivity index (χ1n) is 8.77. The Morgan fingerprint density at radius 2 is 1.75 bits per heavy atom. The second-order valence-corrected chi connectivity index (χ2v) is 6.34. The number of benzene rings is 1. The molecule has 4 heterocycles. The van der Waals surface area contributed by atoms with E-state index in [9.17, 15) is 0 Å². The zero-order chi connectivity index (χ0) is 19.1. The van der Waals surface area contributed by atoms with Crippen LogP contribution in [0.15, 0.2) is 61.1 Å². The third-order valence-electron chi connectivity index (χ3n) is 4.74. The molecule has 1 N–H and O–H groups in total. The summed E-state index contributed by atoms with van der Waals surface area (Å²) in [5, 5.41) is 5.85. The molecule has 0 saturated heterocycles. The Labute approximate surface area is 160 Å². The van der Waals surface area contributed by atoms with Crippen molar-refractivity contribution in [1.29, 1.82) is 0 Å². The van der Waals surface area contributed by atoms with Crippen molar-refractivity contribution in [3.8, 4) is 34.0 Å². The van der Waals surface area contributed by atoms with Crippen LogP contribution in [0, 0.1) is 0 Å². The predicted molar refractivity (Wildman–Crippen MR) is 107 cm³/mol. The summed E-state index contributed by atoms with van der Waals surface area (Å²) < 4.78 is 12.6. The number of imidazole rings is 1. The van der Waals surface area contributed by atoms with Gasteiger partial charge in [-0.1, -0.05) is 0 Å².